The van der Waals surface area contributed by atoms with Gasteiger partial charge in [0.15, 0.2) is 0 Å². The van der Waals surface area contributed by atoms with Crippen molar-refractivity contribution in [1.29, 1.82) is 0 Å². The number of fused-ring (bicyclic) bond motifs is 3. The Labute approximate surface area is 188 Å². The van der Waals surface area contributed by atoms with E-state index in [9.17, 15) is 4.79 Å². The maximum Gasteiger partial charge on any atom is 0.414 e. The number of benzene rings is 1. The normalized spacial score (nSPS) is 19.3. The molecule has 170 valence electrons. The molecule has 1 saturated carbocycles. The molecule has 0 N–H and O–H groups in total. The number of amides is 1. The number of ether oxygens (including phenoxy) is 1. The topological polar surface area (TPSA) is 86.3 Å². The van der Waals surface area contributed by atoms with Gasteiger partial charge in [-0.25, -0.2) is 9.78 Å². The molecule has 0 bridgehead atoms. The molecule has 1 aliphatic carbocycles. The third-order valence-corrected chi connectivity index (χ3v) is 6.97. The van der Waals surface area contributed by atoms with E-state index in [0.717, 1.165) is 41.9 Å². The molecule has 2 aromatic heterocycles. The summed E-state index contributed by atoms with van der Waals surface area (Å²) in [4.78, 5) is 19.5. The third-order valence-electron chi connectivity index (χ3n) is 6.97. The molecule has 0 radical (unpaired) electrons. The van der Waals surface area contributed by atoms with Crippen molar-refractivity contribution in [3.63, 3.8) is 0 Å². The minimum absolute atomic E-state index is 0.105. The summed E-state index contributed by atoms with van der Waals surface area (Å²) in [5.41, 5.74) is 4.27. The van der Waals surface area contributed by atoms with E-state index in [0.29, 0.717) is 24.2 Å². The predicted octanol–water partition coefficient (Wildman–Crippen LogP) is 4.93. The SMILES string of the molecule is COC(=O)N1c2ccc3c(nc(CCc4nnc(C)o4)n3C3CCCCC3)c2CC[C@@H]1C. The fourth-order valence-electron chi connectivity index (χ4n) is 5.40. The minimum atomic E-state index is -0.309. The number of hydrogen-bond donors (Lipinski definition) is 0. The third kappa shape index (κ3) is 3.65. The summed E-state index contributed by atoms with van der Waals surface area (Å²) < 4.78 is 13.1. The van der Waals surface area contributed by atoms with E-state index in [1.165, 1.54) is 44.7 Å². The van der Waals surface area contributed by atoms with Crippen LogP contribution in [-0.2, 0) is 24.0 Å². The summed E-state index contributed by atoms with van der Waals surface area (Å²) >= 11 is 0. The van der Waals surface area contributed by atoms with Crippen LogP contribution in [-0.4, -0.2) is 39.0 Å². The Morgan fingerprint density at radius 1 is 1.16 bits per heavy atom. The van der Waals surface area contributed by atoms with E-state index in [2.05, 4.69) is 33.8 Å². The summed E-state index contributed by atoms with van der Waals surface area (Å²) in [5.74, 6) is 2.31. The molecule has 1 aliphatic heterocycles. The summed E-state index contributed by atoms with van der Waals surface area (Å²) in [5, 5.41) is 8.12. The molecule has 2 aliphatic rings. The molecular formula is C24H31N5O3. The first-order valence-corrected chi connectivity index (χ1v) is 11.8. The van der Waals surface area contributed by atoms with E-state index in [1.807, 2.05) is 6.92 Å². The van der Waals surface area contributed by atoms with Gasteiger partial charge in [-0.2, -0.15) is 0 Å². The number of carbonyl (C=O) groups excluding carboxylic acids is 1. The van der Waals surface area contributed by atoms with Crippen LogP contribution in [0.15, 0.2) is 16.5 Å². The summed E-state index contributed by atoms with van der Waals surface area (Å²) in [6, 6.07) is 4.79. The van der Waals surface area contributed by atoms with Crippen LogP contribution in [0.1, 0.15) is 74.7 Å². The molecule has 32 heavy (non-hydrogen) atoms. The van der Waals surface area contributed by atoms with Crippen molar-refractivity contribution < 1.29 is 13.9 Å². The van der Waals surface area contributed by atoms with E-state index in [-0.39, 0.29) is 12.1 Å². The zero-order valence-electron chi connectivity index (χ0n) is 19.1. The first-order chi connectivity index (χ1) is 15.6. The van der Waals surface area contributed by atoms with E-state index in [1.54, 1.807) is 4.90 Å². The highest BCUT2D eigenvalue weighted by Gasteiger charge is 2.32. The highest BCUT2D eigenvalue weighted by atomic mass is 16.5. The second-order valence-electron chi connectivity index (χ2n) is 9.06. The molecule has 1 fully saturated rings. The lowest BCUT2D eigenvalue weighted by molar-refractivity contribution is 0.175. The lowest BCUT2D eigenvalue weighted by Crippen LogP contribution is -2.42. The molecule has 3 heterocycles. The molecule has 1 aromatic carbocycles. The van der Waals surface area contributed by atoms with Crippen molar-refractivity contribution in [3.8, 4) is 0 Å². The number of methoxy groups -OCH3 is 1. The number of hydrogen-bond acceptors (Lipinski definition) is 6. The van der Waals surface area contributed by atoms with Gasteiger partial charge in [-0.1, -0.05) is 19.3 Å². The molecule has 8 heteroatoms. The minimum Gasteiger partial charge on any atom is -0.452 e. The van der Waals surface area contributed by atoms with E-state index >= 15 is 0 Å². The number of aryl methyl sites for hydroxylation is 4. The molecule has 0 spiro atoms. The Balaban J connectivity index is 1.59. The van der Waals surface area contributed by atoms with Gasteiger partial charge in [0.25, 0.3) is 0 Å². The van der Waals surface area contributed by atoms with Gasteiger partial charge in [0.05, 0.1) is 23.8 Å². The highest BCUT2D eigenvalue weighted by Crippen LogP contribution is 2.39. The Hall–Kier alpha value is -2.90. The van der Waals surface area contributed by atoms with Crippen molar-refractivity contribution >= 4 is 22.8 Å². The van der Waals surface area contributed by atoms with Gasteiger partial charge in [0.1, 0.15) is 5.82 Å². The molecule has 8 nitrogen and oxygen atoms in total. The number of nitrogens with zero attached hydrogens (tertiary/aromatic N) is 5. The summed E-state index contributed by atoms with van der Waals surface area (Å²) in [7, 11) is 1.44. The first kappa shape index (κ1) is 21.0. The number of aromatic nitrogens is 4. The van der Waals surface area contributed by atoms with Gasteiger partial charge < -0.3 is 13.7 Å². The quantitative estimate of drug-likeness (QED) is 0.575. The van der Waals surface area contributed by atoms with Crippen LogP contribution >= 0.6 is 0 Å². The largest absolute Gasteiger partial charge is 0.452 e. The Kier molecular flexibility index (Phi) is 5.61. The highest BCUT2D eigenvalue weighted by molar-refractivity contribution is 5.95. The van der Waals surface area contributed by atoms with Crippen LogP contribution in [0, 0.1) is 6.92 Å². The first-order valence-electron chi connectivity index (χ1n) is 11.8. The van der Waals surface area contributed by atoms with Gasteiger partial charge >= 0.3 is 6.09 Å². The van der Waals surface area contributed by atoms with Gasteiger partial charge in [-0.3, -0.25) is 4.90 Å². The lowest BCUT2D eigenvalue weighted by atomic mass is 9.94. The van der Waals surface area contributed by atoms with E-state index < -0.39 is 0 Å². The number of carbonyl (C=O) groups is 1. The standard InChI is InChI=1S/C24H31N5O3/c1-15-9-10-18-19(28(15)24(30)31-3)11-12-20-23(18)25-21(13-14-22-27-26-16(2)32-22)29(20)17-7-5-4-6-8-17/h11-12,15,17H,4-10,13-14H2,1-3H3/t15-/m0/s1. The lowest BCUT2D eigenvalue weighted by Gasteiger charge is -2.34. The second kappa shape index (κ2) is 8.56. The molecule has 0 saturated heterocycles. The molecule has 1 amide bonds. The van der Waals surface area contributed by atoms with Crippen LogP contribution in [0.4, 0.5) is 10.5 Å². The van der Waals surface area contributed by atoms with E-state index in [4.69, 9.17) is 14.1 Å². The van der Waals surface area contributed by atoms with Gasteiger partial charge in [0.2, 0.25) is 11.8 Å². The maximum absolute atomic E-state index is 12.5. The average molecular weight is 438 g/mol. The van der Waals surface area contributed by atoms with Crippen LogP contribution in [0.2, 0.25) is 0 Å². The Morgan fingerprint density at radius 3 is 2.69 bits per heavy atom. The molecule has 5 rings (SSSR count). The maximum atomic E-state index is 12.5. The van der Waals surface area contributed by atoms with Crippen molar-refractivity contribution in [1.82, 2.24) is 19.7 Å². The molecular weight excluding hydrogens is 406 g/mol. The Bertz CT molecular complexity index is 1130. The number of anilines is 1. The molecule has 0 unspecified atom stereocenters. The summed E-state index contributed by atoms with van der Waals surface area (Å²) in [6.45, 7) is 3.89. The fraction of sp³-hybridized carbons (Fsp3) is 0.583. The zero-order chi connectivity index (χ0) is 22.2. The van der Waals surface area contributed by atoms with Gasteiger partial charge in [-0.15, -0.1) is 10.2 Å². The second-order valence-corrected chi connectivity index (χ2v) is 9.06. The van der Waals surface area contributed by atoms with Crippen molar-refractivity contribution in [2.75, 3.05) is 12.0 Å². The van der Waals surface area contributed by atoms with Crippen molar-refractivity contribution in [3.05, 3.63) is 35.3 Å². The molecule has 1 atom stereocenters. The van der Waals surface area contributed by atoms with Crippen molar-refractivity contribution in [2.45, 2.75) is 83.7 Å². The van der Waals surface area contributed by atoms with Gasteiger partial charge in [0, 0.05) is 37.4 Å². The number of rotatable bonds is 4. The molecule has 3 aromatic rings. The fourth-order valence-corrected chi connectivity index (χ4v) is 5.40. The number of imidazole rings is 1. The van der Waals surface area contributed by atoms with Gasteiger partial charge in [-0.05, 0) is 44.7 Å². The smallest absolute Gasteiger partial charge is 0.414 e. The van der Waals surface area contributed by atoms with Crippen molar-refractivity contribution in [2.24, 2.45) is 0 Å². The van der Waals surface area contributed by atoms with Crippen LogP contribution in [0.25, 0.3) is 11.0 Å². The Morgan fingerprint density at radius 2 is 1.97 bits per heavy atom. The van der Waals surface area contributed by atoms with Crippen LogP contribution in [0.3, 0.4) is 0 Å². The van der Waals surface area contributed by atoms with Crippen LogP contribution < -0.4 is 4.90 Å². The zero-order valence-corrected chi connectivity index (χ0v) is 19.1. The summed E-state index contributed by atoms with van der Waals surface area (Å²) in [6.07, 6.45) is 9.10. The average Bonchev–Trinajstić information content (AvgIpc) is 3.40. The predicted molar refractivity (Wildman–Crippen MR) is 121 cm³/mol. The monoisotopic (exact) mass is 437 g/mol. The van der Waals surface area contributed by atoms with Crippen LogP contribution in [0.5, 0.6) is 0 Å².